The van der Waals surface area contributed by atoms with Crippen LogP contribution in [0.1, 0.15) is 32.9 Å². The van der Waals surface area contributed by atoms with Gasteiger partial charge in [-0.3, -0.25) is 9.36 Å². The van der Waals surface area contributed by atoms with Crippen LogP contribution in [0.2, 0.25) is 5.02 Å². The molecule has 0 radical (unpaired) electrons. The Morgan fingerprint density at radius 2 is 1.69 bits per heavy atom. The van der Waals surface area contributed by atoms with Crippen molar-refractivity contribution in [2.24, 2.45) is 0 Å². The van der Waals surface area contributed by atoms with Gasteiger partial charge in [-0.05, 0) is 54.8 Å². The van der Waals surface area contributed by atoms with E-state index in [1.807, 2.05) is 41.8 Å². The summed E-state index contributed by atoms with van der Waals surface area (Å²) < 4.78 is 12.5. The molecule has 1 amide bonds. The number of halogens is 1. The van der Waals surface area contributed by atoms with E-state index in [9.17, 15) is 4.79 Å². The monoisotopic (exact) mass is 522 g/mol. The zero-order chi connectivity index (χ0) is 25.7. The number of ether oxygens (including phenoxy) is 2. The molecule has 1 aromatic heterocycles. The summed E-state index contributed by atoms with van der Waals surface area (Å²) in [4.78, 5) is 13.0. The largest absolute Gasteiger partial charge is 0.497 e. The lowest BCUT2D eigenvalue weighted by Crippen LogP contribution is -2.25. The number of nitrogens with one attached hydrogen (secondary N) is 1. The molecular formula is C27H27ClN4O3S. The normalized spacial score (nSPS) is 10.8. The van der Waals surface area contributed by atoms with Gasteiger partial charge in [0, 0.05) is 22.4 Å². The van der Waals surface area contributed by atoms with E-state index >= 15 is 0 Å². The van der Waals surface area contributed by atoms with Gasteiger partial charge in [-0.1, -0.05) is 53.7 Å². The lowest BCUT2D eigenvalue weighted by Gasteiger charge is -2.14. The summed E-state index contributed by atoms with van der Waals surface area (Å²) in [5.41, 5.74) is 4.75. The summed E-state index contributed by atoms with van der Waals surface area (Å²) in [6, 6.07) is 19.0. The molecule has 7 nitrogen and oxygen atoms in total. The number of amides is 1. The van der Waals surface area contributed by atoms with E-state index in [0.29, 0.717) is 27.9 Å². The van der Waals surface area contributed by atoms with E-state index in [4.69, 9.17) is 21.1 Å². The molecule has 0 aliphatic rings. The van der Waals surface area contributed by atoms with Crippen molar-refractivity contribution < 1.29 is 14.3 Å². The summed E-state index contributed by atoms with van der Waals surface area (Å²) in [5, 5.41) is 13.1. The van der Waals surface area contributed by atoms with Crippen LogP contribution in [0.3, 0.4) is 0 Å². The summed E-state index contributed by atoms with van der Waals surface area (Å²) >= 11 is 7.93. The number of aromatic nitrogens is 3. The van der Waals surface area contributed by atoms with Crippen LogP contribution < -0.4 is 14.8 Å². The van der Waals surface area contributed by atoms with Gasteiger partial charge in [0.2, 0.25) is 0 Å². The van der Waals surface area contributed by atoms with Crippen LogP contribution >= 0.6 is 23.4 Å². The van der Waals surface area contributed by atoms with E-state index in [1.165, 1.54) is 11.1 Å². The fourth-order valence-electron chi connectivity index (χ4n) is 3.69. The molecule has 186 valence electrons. The maximum Gasteiger partial charge on any atom is 0.251 e. The van der Waals surface area contributed by atoms with Gasteiger partial charge >= 0.3 is 0 Å². The van der Waals surface area contributed by atoms with Crippen LogP contribution in [-0.4, -0.2) is 34.9 Å². The fraction of sp³-hybridized carbons (Fsp3) is 0.222. The first-order valence-corrected chi connectivity index (χ1v) is 12.7. The van der Waals surface area contributed by atoms with E-state index in [-0.39, 0.29) is 12.5 Å². The van der Waals surface area contributed by atoms with Crippen LogP contribution in [0.4, 0.5) is 0 Å². The number of benzene rings is 3. The quantitative estimate of drug-likeness (QED) is 0.281. The summed E-state index contributed by atoms with van der Waals surface area (Å²) in [6.45, 7) is 4.27. The Hall–Kier alpha value is -3.49. The molecule has 0 fully saturated rings. The highest BCUT2D eigenvalue weighted by Crippen LogP contribution is 2.29. The maximum atomic E-state index is 13.0. The molecule has 0 unspecified atom stereocenters. The predicted molar refractivity (Wildman–Crippen MR) is 143 cm³/mol. The Labute approximate surface area is 219 Å². The smallest absolute Gasteiger partial charge is 0.251 e. The van der Waals surface area contributed by atoms with Gasteiger partial charge in [-0.2, -0.15) is 0 Å². The minimum absolute atomic E-state index is 0.169. The summed E-state index contributed by atoms with van der Waals surface area (Å²) in [7, 11) is 3.09. The molecule has 4 rings (SSSR count). The van der Waals surface area contributed by atoms with Crippen LogP contribution in [0.15, 0.2) is 65.8 Å². The first-order chi connectivity index (χ1) is 17.4. The first kappa shape index (κ1) is 25.6. The Morgan fingerprint density at radius 1 is 0.972 bits per heavy atom. The van der Waals surface area contributed by atoms with Gasteiger partial charge in [0.15, 0.2) is 11.0 Å². The Balaban J connectivity index is 1.62. The van der Waals surface area contributed by atoms with Crippen LogP contribution in [0, 0.1) is 13.8 Å². The molecule has 36 heavy (non-hydrogen) atoms. The van der Waals surface area contributed by atoms with E-state index in [0.717, 1.165) is 22.2 Å². The number of methoxy groups -OCH3 is 2. The number of aryl methyl sites for hydroxylation is 2. The molecule has 1 N–H and O–H groups in total. The highest BCUT2D eigenvalue weighted by Gasteiger charge is 2.18. The number of rotatable bonds is 9. The average molecular weight is 523 g/mol. The molecule has 9 heteroatoms. The molecule has 0 atom stereocenters. The molecule has 3 aromatic carbocycles. The lowest BCUT2D eigenvalue weighted by molar-refractivity contribution is 0.0949. The molecule has 0 aliphatic heterocycles. The van der Waals surface area contributed by atoms with Crippen LogP contribution in [-0.2, 0) is 12.3 Å². The molecule has 1 heterocycles. The van der Waals surface area contributed by atoms with Crippen molar-refractivity contribution in [2.75, 3.05) is 14.2 Å². The Morgan fingerprint density at radius 3 is 2.39 bits per heavy atom. The highest BCUT2D eigenvalue weighted by molar-refractivity contribution is 7.98. The van der Waals surface area contributed by atoms with Crippen molar-refractivity contribution in [1.82, 2.24) is 20.1 Å². The minimum Gasteiger partial charge on any atom is -0.497 e. The van der Waals surface area contributed by atoms with Gasteiger partial charge in [-0.25, -0.2) is 0 Å². The highest BCUT2D eigenvalue weighted by atomic mass is 35.5. The Kier molecular flexibility index (Phi) is 8.18. The third kappa shape index (κ3) is 5.83. The van der Waals surface area contributed by atoms with Crippen molar-refractivity contribution >= 4 is 29.3 Å². The number of hydrogen-bond acceptors (Lipinski definition) is 6. The Bertz CT molecular complexity index is 1370. The van der Waals surface area contributed by atoms with E-state index in [2.05, 4.69) is 34.6 Å². The summed E-state index contributed by atoms with van der Waals surface area (Å²) in [6.07, 6.45) is 0. The van der Waals surface area contributed by atoms with Crippen molar-refractivity contribution in [2.45, 2.75) is 31.3 Å². The van der Waals surface area contributed by atoms with Crippen LogP contribution in [0.5, 0.6) is 11.5 Å². The molecule has 4 aromatic rings. The zero-order valence-corrected chi connectivity index (χ0v) is 22.1. The van der Waals surface area contributed by atoms with Crippen molar-refractivity contribution in [3.8, 4) is 17.2 Å². The van der Waals surface area contributed by atoms with Gasteiger partial charge in [-0.15, -0.1) is 10.2 Å². The lowest BCUT2D eigenvalue weighted by atomic mass is 10.1. The summed E-state index contributed by atoms with van der Waals surface area (Å²) in [5.74, 6) is 2.12. The zero-order valence-electron chi connectivity index (χ0n) is 20.5. The molecule has 0 spiro atoms. The SMILES string of the molecule is COc1cc(OC)cc(C(=O)NCc2nnc(SCc3ccccc3C)n2-c2cc(Cl)ccc2C)c1. The van der Waals surface area contributed by atoms with Gasteiger partial charge in [0.25, 0.3) is 5.91 Å². The molecule has 0 aliphatic carbocycles. The second-order valence-electron chi connectivity index (χ2n) is 8.16. The number of thioether (sulfide) groups is 1. The van der Waals surface area contributed by atoms with Gasteiger partial charge in [0.05, 0.1) is 26.5 Å². The average Bonchev–Trinajstić information content (AvgIpc) is 3.30. The van der Waals surface area contributed by atoms with E-state index in [1.54, 1.807) is 44.2 Å². The predicted octanol–water partition coefficient (Wildman–Crippen LogP) is 5.78. The molecule has 0 bridgehead atoms. The van der Waals surface area contributed by atoms with Crippen molar-refractivity contribution in [3.63, 3.8) is 0 Å². The maximum absolute atomic E-state index is 13.0. The van der Waals surface area contributed by atoms with E-state index < -0.39 is 0 Å². The number of carbonyl (C=O) groups excluding carboxylic acids is 1. The van der Waals surface area contributed by atoms with Crippen molar-refractivity contribution in [1.29, 1.82) is 0 Å². The third-order valence-electron chi connectivity index (χ3n) is 5.75. The number of carbonyl (C=O) groups is 1. The number of hydrogen-bond donors (Lipinski definition) is 1. The molecular weight excluding hydrogens is 496 g/mol. The van der Waals surface area contributed by atoms with Crippen molar-refractivity contribution in [3.05, 3.63) is 93.8 Å². The first-order valence-electron chi connectivity index (χ1n) is 11.3. The molecule has 0 saturated carbocycles. The van der Waals surface area contributed by atoms with Gasteiger partial charge < -0.3 is 14.8 Å². The fourth-order valence-corrected chi connectivity index (χ4v) is 4.89. The second-order valence-corrected chi connectivity index (χ2v) is 9.54. The van der Waals surface area contributed by atoms with Gasteiger partial charge in [0.1, 0.15) is 11.5 Å². The molecule has 0 saturated heterocycles. The third-order valence-corrected chi connectivity index (χ3v) is 6.96. The van der Waals surface area contributed by atoms with Crippen LogP contribution in [0.25, 0.3) is 5.69 Å². The minimum atomic E-state index is -0.279. The standard InChI is InChI=1S/C27H27ClN4O3S/c1-17-7-5-6-8-19(17)16-36-27-31-30-25(32(27)24-13-21(28)10-9-18(24)2)15-29-26(33)20-11-22(34-3)14-23(12-20)35-4/h5-14H,15-16H2,1-4H3,(H,29,33). The number of nitrogens with zero attached hydrogens (tertiary/aromatic N) is 3. The topological polar surface area (TPSA) is 78.3 Å². The second kappa shape index (κ2) is 11.5.